The lowest BCUT2D eigenvalue weighted by atomic mass is 10.2. The number of nitrogens with one attached hydrogen (secondary N) is 1. The number of carbonyl (C=O) groups is 2. The topological polar surface area (TPSA) is 68.8 Å². The molecular formula is C20H25N5O2S. The Hall–Kier alpha value is -2.45. The van der Waals surface area contributed by atoms with Gasteiger partial charge in [-0.1, -0.05) is 41.7 Å². The summed E-state index contributed by atoms with van der Waals surface area (Å²) in [5.41, 5.74) is 1.09. The number of anilines is 1. The molecule has 4 rings (SSSR count). The van der Waals surface area contributed by atoms with E-state index in [-0.39, 0.29) is 11.9 Å². The van der Waals surface area contributed by atoms with Gasteiger partial charge in [-0.2, -0.15) is 0 Å². The fourth-order valence-electron chi connectivity index (χ4n) is 3.61. The van der Waals surface area contributed by atoms with E-state index < -0.39 is 0 Å². The molecule has 7 nitrogen and oxygen atoms in total. The quantitative estimate of drug-likeness (QED) is 0.858. The second-order valence-electron chi connectivity index (χ2n) is 7.18. The predicted molar refractivity (Wildman–Crippen MR) is 110 cm³/mol. The molecule has 3 amide bonds. The van der Waals surface area contributed by atoms with Crippen molar-refractivity contribution in [2.75, 3.05) is 51.1 Å². The van der Waals surface area contributed by atoms with Crippen molar-refractivity contribution in [3.05, 3.63) is 36.5 Å². The third kappa shape index (κ3) is 4.51. The molecule has 1 aromatic carbocycles. The van der Waals surface area contributed by atoms with Gasteiger partial charge in [0.2, 0.25) is 5.91 Å². The smallest absolute Gasteiger partial charge is 0.323 e. The minimum absolute atomic E-state index is 0.125. The fraction of sp³-hybridized carbons (Fsp3) is 0.450. The molecule has 148 valence electrons. The lowest BCUT2D eigenvalue weighted by Crippen LogP contribution is -2.52. The van der Waals surface area contributed by atoms with Gasteiger partial charge in [0.15, 0.2) is 5.13 Å². The number of urea groups is 1. The molecule has 2 aliphatic heterocycles. The van der Waals surface area contributed by atoms with Gasteiger partial charge in [-0.25, -0.2) is 9.78 Å². The second kappa shape index (κ2) is 8.70. The van der Waals surface area contributed by atoms with Crippen LogP contribution in [0.15, 0.2) is 36.5 Å². The van der Waals surface area contributed by atoms with E-state index in [4.69, 9.17) is 0 Å². The number of benzene rings is 1. The minimum Gasteiger partial charge on any atom is -0.342 e. The van der Waals surface area contributed by atoms with Crippen LogP contribution in [0.4, 0.5) is 9.93 Å². The summed E-state index contributed by atoms with van der Waals surface area (Å²) in [4.78, 5) is 36.0. The maximum Gasteiger partial charge on any atom is 0.323 e. The summed E-state index contributed by atoms with van der Waals surface area (Å²) in [7, 11) is 0. The summed E-state index contributed by atoms with van der Waals surface area (Å²) in [5.74, 6) is 0.214. The van der Waals surface area contributed by atoms with E-state index in [1.54, 1.807) is 11.1 Å². The molecule has 0 radical (unpaired) electrons. The highest BCUT2D eigenvalue weighted by Crippen LogP contribution is 2.28. The predicted octanol–water partition coefficient (Wildman–Crippen LogP) is 2.58. The summed E-state index contributed by atoms with van der Waals surface area (Å²) < 4.78 is 0. The zero-order valence-electron chi connectivity index (χ0n) is 15.8. The highest BCUT2D eigenvalue weighted by molar-refractivity contribution is 7.19. The van der Waals surface area contributed by atoms with Crippen LogP contribution in [-0.4, -0.2) is 77.4 Å². The summed E-state index contributed by atoms with van der Waals surface area (Å²) in [6, 6.07) is 9.89. The third-order valence-electron chi connectivity index (χ3n) is 5.26. The Morgan fingerprint density at radius 1 is 0.964 bits per heavy atom. The van der Waals surface area contributed by atoms with E-state index in [0.29, 0.717) is 24.8 Å². The number of carbonyl (C=O) groups excluding carboxylic acids is 2. The Bertz CT molecular complexity index is 811. The van der Waals surface area contributed by atoms with E-state index in [9.17, 15) is 9.59 Å². The Labute approximate surface area is 169 Å². The van der Waals surface area contributed by atoms with Crippen LogP contribution in [0, 0.1) is 0 Å². The van der Waals surface area contributed by atoms with Gasteiger partial charge in [0.05, 0.1) is 11.4 Å². The first-order valence-corrected chi connectivity index (χ1v) is 10.6. The summed E-state index contributed by atoms with van der Waals surface area (Å²) in [6.07, 6.45) is 4.02. The lowest BCUT2D eigenvalue weighted by Gasteiger charge is -2.34. The zero-order chi connectivity index (χ0) is 19.3. The van der Waals surface area contributed by atoms with Gasteiger partial charge in [-0.3, -0.25) is 15.0 Å². The highest BCUT2D eigenvalue weighted by atomic mass is 32.1. The number of piperazine rings is 1. The molecule has 0 bridgehead atoms. The first kappa shape index (κ1) is 18.9. The molecule has 1 N–H and O–H groups in total. The molecular weight excluding hydrogens is 374 g/mol. The summed E-state index contributed by atoms with van der Waals surface area (Å²) in [6.45, 7) is 4.93. The Balaban J connectivity index is 1.25. The van der Waals surface area contributed by atoms with Crippen LogP contribution in [0.2, 0.25) is 0 Å². The van der Waals surface area contributed by atoms with E-state index in [2.05, 4.69) is 15.2 Å². The molecule has 2 fully saturated rings. The SMILES string of the molecule is O=C(CN1CCN(C(=O)Nc2ncc(-c3ccccc3)s2)CC1)N1CCCC1. The molecule has 0 atom stereocenters. The van der Waals surface area contributed by atoms with Crippen molar-refractivity contribution in [3.8, 4) is 10.4 Å². The van der Waals surface area contributed by atoms with Gasteiger partial charge in [-0.15, -0.1) is 0 Å². The Kier molecular flexibility index (Phi) is 5.87. The van der Waals surface area contributed by atoms with Crippen LogP contribution in [0.3, 0.4) is 0 Å². The van der Waals surface area contributed by atoms with Gasteiger partial charge in [0.25, 0.3) is 0 Å². The van der Waals surface area contributed by atoms with Crippen LogP contribution >= 0.6 is 11.3 Å². The van der Waals surface area contributed by atoms with Gasteiger partial charge in [0, 0.05) is 45.5 Å². The van der Waals surface area contributed by atoms with E-state index in [1.807, 2.05) is 35.2 Å². The monoisotopic (exact) mass is 399 g/mol. The summed E-state index contributed by atoms with van der Waals surface area (Å²) >= 11 is 1.47. The maximum atomic E-state index is 12.5. The van der Waals surface area contributed by atoms with Crippen molar-refractivity contribution in [2.45, 2.75) is 12.8 Å². The normalized spacial score (nSPS) is 17.7. The van der Waals surface area contributed by atoms with Gasteiger partial charge in [0.1, 0.15) is 0 Å². The number of nitrogens with zero attached hydrogens (tertiary/aromatic N) is 4. The van der Waals surface area contributed by atoms with Crippen molar-refractivity contribution in [1.82, 2.24) is 19.7 Å². The zero-order valence-corrected chi connectivity index (χ0v) is 16.7. The Morgan fingerprint density at radius 2 is 1.68 bits per heavy atom. The standard InChI is InChI=1S/C20H25N5O2S/c26-18(24-8-4-5-9-24)15-23-10-12-25(13-11-23)20(27)22-19-21-14-17(28-19)16-6-2-1-3-7-16/h1-3,6-7,14H,4-5,8-13,15H2,(H,21,22,27). The molecule has 0 aliphatic carbocycles. The molecule has 2 aliphatic rings. The molecule has 0 spiro atoms. The third-order valence-corrected chi connectivity index (χ3v) is 6.22. The molecule has 0 unspecified atom stereocenters. The van der Waals surface area contributed by atoms with Crippen molar-refractivity contribution >= 4 is 28.4 Å². The number of hydrogen-bond donors (Lipinski definition) is 1. The van der Waals surface area contributed by atoms with Gasteiger partial charge >= 0.3 is 6.03 Å². The molecule has 1 aromatic heterocycles. The van der Waals surface area contributed by atoms with Crippen molar-refractivity contribution in [2.24, 2.45) is 0 Å². The number of amides is 3. The van der Waals surface area contributed by atoms with Gasteiger partial charge in [-0.05, 0) is 18.4 Å². The number of aromatic nitrogens is 1. The van der Waals surface area contributed by atoms with Crippen LogP contribution in [0.1, 0.15) is 12.8 Å². The van der Waals surface area contributed by atoms with E-state index in [1.165, 1.54) is 11.3 Å². The average molecular weight is 400 g/mol. The number of thiazole rings is 1. The van der Waals surface area contributed by atoms with Crippen LogP contribution < -0.4 is 5.32 Å². The fourth-order valence-corrected chi connectivity index (χ4v) is 4.42. The van der Waals surface area contributed by atoms with Crippen molar-refractivity contribution in [1.29, 1.82) is 0 Å². The molecule has 2 aromatic rings. The van der Waals surface area contributed by atoms with Crippen LogP contribution in [-0.2, 0) is 4.79 Å². The maximum absolute atomic E-state index is 12.5. The number of hydrogen-bond acceptors (Lipinski definition) is 5. The van der Waals surface area contributed by atoms with Gasteiger partial charge < -0.3 is 9.80 Å². The molecule has 28 heavy (non-hydrogen) atoms. The number of likely N-dealkylation sites (tertiary alicyclic amines) is 1. The van der Waals surface area contributed by atoms with Crippen molar-refractivity contribution in [3.63, 3.8) is 0 Å². The first-order valence-electron chi connectivity index (χ1n) is 9.76. The molecule has 0 saturated carbocycles. The van der Waals surface area contributed by atoms with E-state index in [0.717, 1.165) is 49.5 Å². The van der Waals surface area contributed by atoms with Crippen LogP contribution in [0.25, 0.3) is 10.4 Å². The largest absolute Gasteiger partial charge is 0.342 e. The number of rotatable bonds is 4. The van der Waals surface area contributed by atoms with Crippen LogP contribution in [0.5, 0.6) is 0 Å². The molecule has 3 heterocycles. The Morgan fingerprint density at radius 3 is 2.39 bits per heavy atom. The highest BCUT2D eigenvalue weighted by Gasteiger charge is 2.25. The molecule has 2 saturated heterocycles. The summed E-state index contributed by atoms with van der Waals surface area (Å²) in [5, 5.41) is 3.51. The first-order chi connectivity index (χ1) is 13.7. The lowest BCUT2D eigenvalue weighted by molar-refractivity contribution is -0.131. The van der Waals surface area contributed by atoms with E-state index >= 15 is 0 Å². The second-order valence-corrected chi connectivity index (χ2v) is 8.21. The average Bonchev–Trinajstić information content (AvgIpc) is 3.41. The van der Waals surface area contributed by atoms with Crippen molar-refractivity contribution < 1.29 is 9.59 Å². The molecule has 8 heteroatoms. The minimum atomic E-state index is -0.125.